The lowest BCUT2D eigenvalue weighted by atomic mass is 10.1. The number of nitrogens with one attached hydrogen (secondary N) is 1. The number of halogens is 2. The molecular formula is C26H28Cl2N4O2. The summed E-state index contributed by atoms with van der Waals surface area (Å²) < 4.78 is 7.51. The molecular weight excluding hydrogens is 471 g/mol. The van der Waals surface area contributed by atoms with E-state index in [1.54, 1.807) is 0 Å². The van der Waals surface area contributed by atoms with Gasteiger partial charge in [0.1, 0.15) is 5.82 Å². The van der Waals surface area contributed by atoms with Crippen LogP contribution in [0.25, 0.3) is 16.9 Å². The van der Waals surface area contributed by atoms with Gasteiger partial charge < -0.3 is 10.1 Å². The molecule has 2 heterocycles. The van der Waals surface area contributed by atoms with Crippen molar-refractivity contribution >= 4 is 29.1 Å². The fraction of sp³-hybridized carbons (Fsp3) is 0.385. The Bertz CT molecular complexity index is 1150. The summed E-state index contributed by atoms with van der Waals surface area (Å²) >= 11 is 12.5. The molecule has 1 amide bonds. The molecule has 1 saturated heterocycles. The van der Waals surface area contributed by atoms with Crippen molar-refractivity contribution in [2.45, 2.75) is 19.3 Å². The lowest BCUT2D eigenvalue weighted by molar-refractivity contribution is 0.0383. The molecule has 0 unspecified atom stereocenters. The van der Waals surface area contributed by atoms with Gasteiger partial charge in [0, 0.05) is 53.9 Å². The Morgan fingerprint density at radius 3 is 2.53 bits per heavy atom. The summed E-state index contributed by atoms with van der Waals surface area (Å²) in [4.78, 5) is 20.6. The summed E-state index contributed by atoms with van der Waals surface area (Å²) in [7, 11) is 0. The van der Waals surface area contributed by atoms with Gasteiger partial charge in [-0.2, -0.15) is 0 Å². The van der Waals surface area contributed by atoms with Crippen LogP contribution in [0.5, 0.6) is 0 Å². The molecule has 1 aliphatic carbocycles. The first kappa shape index (κ1) is 23.4. The molecule has 5 rings (SSSR count). The predicted molar refractivity (Wildman–Crippen MR) is 135 cm³/mol. The van der Waals surface area contributed by atoms with Crippen molar-refractivity contribution in [3.63, 3.8) is 0 Å². The summed E-state index contributed by atoms with van der Waals surface area (Å²) in [6.07, 6.45) is 3.22. The Morgan fingerprint density at radius 1 is 1.06 bits per heavy atom. The third-order valence-corrected chi connectivity index (χ3v) is 6.82. The molecule has 1 aromatic heterocycles. The minimum Gasteiger partial charge on any atom is -0.379 e. The zero-order chi connectivity index (χ0) is 23.5. The molecule has 1 N–H and O–H groups in total. The maximum absolute atomic E-state index is 13.4. The van der Waals surface area contributed by atoms with E-state index >= 15 is 0 Å². The third-order valence-electron chi connectivity index (χ3n) is 6.33. The van der Waals surface area contributed by atoms with Gasteiger partial charge in [0.05, 0.1) is 18.9 Å². The molecule has 0 bridgehead atoms. The van der Waals surface area contributed by atoms with Crippen LogP contribution in [0.15, 0.2) is 48.5 Å². The summed E-state index contributed by atoms with van der Waals surface area (Å²) in [6, 6.07) is 15.3. The number of morpholine rings is 1. The van der Waals surface area contributed by atoms with Gasteiger partial charge in [-0.1, -0.05) is 35.3 Å². The molecule has 178 valence electrons. The number of benzene rings is 2. The smallest absolute Gasteiger partial charge is 0.272 e. The van der Waals surface area contributed by atoms with E-state index in [9.17, 15) is 4.79 Å². The molecule has 0 atom stereocenters. The van der Waals surface area contributed by atoms with Crippen molar-refractivity contribution < 1.29 is 9.53 Å². The standard InChI is InChI=1S/C26H28Cl2N4O2/c27-20-6-8-22(9-7-20)32-23(16-18-4-5-18)30-24(25(32)19-2-1-3-21(28)17-19)26(33)29-10-11-31-12-14-34-15-13-31/h1-3,6-9,17-18H,4-5,10-16H2,(H,29,33). The zero-order valence-corrected chi connectivity index (χ0v) is 20.5. The largest absolute Gasteiger partial charge is 0.379 e. The third kappa shape index (κ3) is 5.47. The zero-order valence-electron chi connectivity index (χ0n) is 19.0. The average Bonchev–Trinajstić information content (AvgIpc) is 3.58. The van der Waals surface area contributed by atoms with Crippen LogP contribution in [0.4, 0.5) is 0 Å². The molecule has 2 aliphatic rings. The van der Waals surface area contributed by atoms with Gasteiger partial charge in [0.2, 0.25) is 0 Å². The van der Waals surface area contributed by atoms with Gasteiger partial charge in [-0.3, -0.25) is 14.3 Å². The van der Waals surface area contributed by atoms with E-state index in [1.165, 1.54) is 12.8 Å². The SMILES string of the molecule is O=C(NCCN1CCOCC1)c1nc(CC2CC2)n(-c2ccc(Cl)cc2)c1-c1cccc(Cl)c1. The highest BCUT2D eigenvalue weighted by molar-refractivity contribution is 6.31. The maximum Gasteiger partial charge on any atom is 0.272 e. The van der Waals surface area contributed by atoms with Gasteiger partial charge in [-0.15, -0.1) is 0 Å². The van der Waals surface area contributed by atoms with Gasteiger partial charge >= 0.3 is 0 Å². The molecule has 2 aromatic carbocycles. The normalized spacial score (nSPS) is 16.5. The monoisotopic (exact) mass is 498 g/mol. The van der Waals surface area contributed by atoms with E-state index in [1.807, 2.05) is 48.5 Å². The van der Waals surface area contributed by atoms with Gasteiger partial charge in [0.15, 0.2) is 5.69 Å². The Balaban J connectivity index is 1.51. The highest BCUT2D eigenvalue weighted by atomic mass is 35.5. The van der Waals surface area contributed by atoms with Crippen LogP contribution in [0.1, 0.15) is 29.2 Å². The lowest BCUT2D eigenvalue weighted by Gasteiger charge is -2.26. The number of amides is 1. The van der Waals surface area contributed by atoms with Crippen molar-refractivity contribution in [2.24, 2.45) is 5.92 Å². The van der Waals surface area contributed by atoms with Gasteiger partial charge in [-0.25, -0.2) is 4.98 Å². The first-order chi connectivity index (χ1) is 16.6. The van der Waals surface area contributed by atoms with Crippen molar-refractivity contribution in [1.82, 2.24) is 19.8 Å². The highest BCUT2D eigenvalue weighted by Gasteiger charge is 2.29. The van der Waals surface area contributed by atoms with E-state index in [0.717, 1.165) is 62.0 Å². The Labute approximate surface area is 209 Å². The first-order valence-corrected chi connectivity index (χ1v) is 12.6. The van der Waals surface area contributed by atoms with E-state index in [2.05, 4.69) is 14.8 Å². The number of nitrogens with zero attached hydrogens (tertiary/aromatic N) is 3. The quantitative estimate of drug-likeness (QED) is 0.481. The summed E-state index contributed by atoms with van der Waals surface area (Å²) in [5.74, 6) is 1.32. The predicted octanol–water partition coefficient (Wildman–Crippen LogP) is 4.86. The van der Waals surface area contributed by atoms with Crippen molar-refractivity contribution in [1.29, 1.82) is 0 Å². The van der Waals surface area contributed by atoms with Crippen LogP contribution in [-0.4, -0.2) is 59.8 Å². The van der Waals surface area contributed by atoms with Crippen molar-refractivity contribution in [2.75, 3.05) is 39.4 Å². The number of carbonyl (C=O) groups is 1. The second kappa shape index (κ2) is 10.5. The van der Waals surface area contributed by atoms with Gasteiger partial charge in [0.25, 0.3) is 5.91 Å². The second-order valence-electron chi connectivity index (χ2n) is 8.90. The summed E-state index contributed by atoms with van der Waals surface area (Å²) in [6.45, 7) is 4.60. The maximum atomic E-state index is 13.4. The van der Waals surface area contributed by atoms with E-state index < -0.39 is 0 Å². The summed E-state index contributed by atoms with van der Waals surface area (Å²) in [5, 5.41) is 4.37. The molecule has 6 nitrogen and oxygen atoms in total. The minimum absolute atomic E-state index is 0.173. The lowest BCUT2D eigenvalue weighted by Crippen LogP contribution is -2.41. The fourth-order valence-corrected chi connectivity index (χ4v) is 4.66. The van der Waals surface area contributed by atoms with Crippen LogP contribution in [0.2, 0.25) is 10.0 Å². The Morgan fingerprint density at radius 2 is 1.82 bits per heavy atom. The number of ether oxygens (including phenoxy) is 1. The minimum atomic E-state index is -0.173. The highest BCUT2D eigenvalue weighted by Crippen LogP contribution is 2.36. The number of hydrogen-bond acceptors (Lipinski definition) is 4. The average molecular weight is 499 g/mol. The number of rotatable bonds is 8. The van der Waals surface area contributed by atoms with E-state index in [0.29, 0.717) is 28.2 Å². The Hall–Kier alpha value is -2.38. The molecule has 3 aromatic rings. The molecule has 8 heteroatoms. The molecule has 0 radical (unpaired) electrons. The van der Waals surface area contributed by atoms with E-state index in [-0.39, 0.29) is 5.91 Å². The number of carbonyl (C=O) groups excluding carboxylic acids is 1. The van der Waals surface area contributed by atoms with E-state index in [4.69, 9.17) is 32.9 Å². The van der Waals surface area contributed by atoms with Gasteiger partial charge in [-0.05, 0) is 55.2 Å². The fourth-order valence-electron chi connectivity index (χ4n) is 4.35. The second-order valence-corrected chi connectivity index (χ2v) is 9.78. The molecule has 34 heavy (non-hydrogen) atoms. The number of aromatic nitrogens is 2. The molecule has 1 aliphatic heterocycles. The molecule has 1 saturated carbocycles. The molecule has 2 fully saturated rings. The van der Waals surface area contributed by atoms with Crippen molar-refractivity contribution in [3.05, 3.63) is 70.1 Å². The number of hydrogen-bond donors (Lipinski definition) is 1. The number of imidazole rings is 1. The van der Waals surface area contributed by atoms with Crippen molar-refractivity contribution in [3.8, 4) is 16.9 Å². The first-order valence-electron chi connectivity index (χ1n) is 11.8. The molecule has 0 spiro atoms. The van der Waals surface area contributed by atoms with Crippen LogP contribution in [0.3, 0.4) is 0 Å². The van der Waals surface area contributed by atoms with Crippen LogP contribution >= 0.6 is 23.2 Å². The van der Waals surface area contributed by atoms with Crippen LogP contribution in [-0.2, 0) is 11.2 Å². The summed E-state index contributed by atoms with van der Waals surface area (Å²) in [5.41, 5.74) is 2.96. The Kier molecular flexibility index (Phi) is 7.21. The topological polar surface area (TPSA) is 59.4 Å². The van der Waals surface area contributed by atoms with Crippen LogP contribution in [0, 0.1) is 5.92 Å². The van der Waals surface area contributed by atoms with Crippen LogP contribution < -0.4 is 5.32 Å².